The van der Waals surface area contributed by atoms with E-state index in [-0.39, 0.29) is 18.3 Å². The standard InChI is InChI=1S/C19H28N2O6S/c1-12(18(24)15-7-5-4-6-8-15)21-19(25)17(20)11-28-10-16(27-14(3)23)9-26-13(2)22/h4-8,12,16-18,24H,9-11,20H2,1-3H3,(H,21,25)/t12-,16+,17-,18-/m0/s1. The fraction of sp³-hybridized carbons (Fsp3) is 0.526. The Morgan fingerprint density at radius 3 is 2.36 bits per heavy atom. The van der Waals surface area contributed by atoms with Crippen LogP contribution >= 0.6 is 11.8 Å². The molecule has 156 valence electrons. The number of carbonyl (C=O) groups is 3. The van der Waals surface area contributed by atoms with Crippen molar-refractivity contribution >= 4 is 29.6 Å². The van der Waals surface area contributed by atoms with E-state index >= 15 is 0 Å². The molecule has 1 rings (SSSR count). The Balaban J connectivity index is 2.43. The number of nitrogens with one attached hydrogen (secondary N) is 1. The maximum atomic E-state index is 12.2. The van der Waals surface area contributed by atoms with E-state index in [0.717, 1.165) is 0 Å². The number of esters is 2. The number of aliphatic hydroxyl groups is 1. The van der Waals surface area contributed by atoms with Crippen LogP contribution in [0.2, 0.25) is 0 Å². The van der Waals surface area contributed by atoms with Gasteiger partial charge in [-0.2, -0.15) is 11.8 Å². The van der Waals surface area contributed by atoms with Gasteiger partial charge in [-0.1, -0.05) is 30.3 Å². The minimum atomic E-state index is -0.845. The van der Waals surface area contributed by atoms with Gasteiger partial charge in [-0.3, -0.25) is 14.4 Å². The molecular weight excluding hydrogens is 384 g/mol. The van der Waals surface area contributed by atoms with Crippen molar-refractivity contribution in [3.8, 4) is 0 Å². The molecule has 1 aromatic carbocycles. The van der Waals surface area contributed by atoms with Crippen molar-refractivity contribution in [3.05, 3.63) is 35.9 Å². The number of amides is 1. The van der Waals surface area contributed by atoms with Crippen LogP contribution in [0.1, 0.15) is 32.4 Å². The van der Waals surface area contributed by atoms with Crippen LogP contribution < -0.4 is 11.1 Å². The SMILES string of the molecule is CC(=O)OC[C@H](CSC[C@H](N)C(=O)N[C@@H](C)[C@H](O)c1ccccc1)OC(C)=O. The lowest BCUT2D eigenvalue weighted by molar-refractivity contribution is -0.154. The Hall–Kier alpha value is -2.10. The van der Waals surface area contributed by atoms with Gasteiger partial charge in [0.25, 0.3) is 0 Å². The molecule has 0 bridgehead atoms. The smallest absolute Gasteiger partial charge is 0.303 e. The van der Waals surface area contributed by atoms with Gasteiger partial charge in [0, 0.05) is 25.4 Å². The van der Waals surface area contributed by atoms with Gasteiger partial charge in [0.15, 0.2) is 0 Å². The molecule has 0 aliphatic heterocycles. The Morgan fingerprint density at radius 1 is 1.14 bits per heavy atom. The summed E-state index contributed by atoms with van der Waals surface area (Å²) in [5, 5.41) is 13.0. The number of benzene rings is 1. The second-order valence-corrected chi connectivity index (χ2v) is 7.41. The molecule has 1 amide bonds. The number of hydrogen-bond acceptors (Lipinski definition) is 8. The fourth-order valence-corrected chi connectivity index (χ4v) is 3.28. The van der Waals surface area contributed by atoms with Crippen LogP contribution in [0.4, 0.5) is 0 Å². The number of aliphatic hydroxyl groups excluding tert-OH is 1. The van der Waals surface area contributed by atoms with Gasteiger partial charge in [0.2, 0.25) is 5.91 Å². The highest BCUT2D eigenvalue weighted by Gasteiger charge is 2.22. The third kappa shape index (κ3) is 9.20. The predicted molar refractivity (Wildman–Crippen MR) is 106 cm³/mol. The molecule has 9 heteroatoms. The molecule has 0 aliphatic rings. The zero-order valence-corrected chi connectivity index (χ0v) is 17.1. The first-order chi connectivity index (χ1) is 13.2. The lowest BCUT2D eigenvalue weighted by Crippen LogP contribution is -2.47. The highest BCUT2D eigenvalue weighted by atomic mass is 32.2. The predicted octanol–water partition coefficient (Wildman–Crippen LogP) is 0.780. The molecule has 0 spiro atoms. The summed E-state index contributed by atoms with van der Waals surface area (Å²) in [4.78, 5) is 34.3. The highest BCUT2D eigenvalue weighted by molar-refractivity contribution is 7.99. The molecular formula is C19H28N2O6S. The van der Waals surface area contributed by atoms with Crippen molar-refractivity contribution < 1.29 is 29.0 Å². The molecule has 0 saturated heterocycles. The molecule has 0 fully saturated rings. The Bertz CT molecular complexity index is 643. The second kappa shape index (κ2) is 12.4. The number of carbonyl (C=O) groups excluding carboxylic acids is 3. The quantitative estimate of drug-likeness (QED) is 0.455. The van der Waals surface area contributed by atoms with Crippen molar-refractivity contribution in [1.29, 1.82) is 0 Å². The number of rotatable bonds is 11. The largest absolute Gasteiger partial charge is 0.462 e. The topological polar surface area (TPSA) is 128 Å². The summed E-state index contributed by atoms with van der Waals surface area (Å²) in [7, 11) is 0. The van der Waals surface area contributed by atoms with Gasteiger partial charge in [-0.05, 0) is 12.5 Å². The molecule has 8 nitrogen and oxygen atoms in total. The second-order valence-electron chi connectivity index (χ2n) is 6.33. The number of ether oxygens (including phenoxy) is 2. The summed E-state index contributed by atoms with van der Waals surface area (Å²) in [5.74, 6) is -0.736. The van der Waals surface area contributed by atoms with Crippen molar-refractivity contribution in [2.45, 2.75) is 45.1 Å². The Labute approximate surface area is 169 Å². The molecule has 1 aromatic rings. The van der Waals surface area contributed by atoms with Gasteiger partial charge < -0.3 is 25.6 Å². The van der Waals surface area contributed by atoms with E-state index in [2.05, 4.69) is 5.32 Å². The highest BCUT2D eigenvalue weighted by Crippen LogP contribution is 2.16. The molecule has 28 heavy (non-hydrogen) atoms. The molecule has 0 radical (unpaired) electrons. The Morgan fingerprint density at radius 2 is 1.79 bits per heavy atom. The van der Waals surface area contributed by atoms with Crippen molar-refractivity contribution in [2.24, 2.45) is 5.73 Å². The minimum Gasteiger partial charge on any atom is -0.462 e. The van der Waals surface area contributed by atoms with E-state index in [9.17, 15) is 19.5 Å². The molecule has 0 heterocycles. The van der Waals surface area contributed by atoms with E-state index < -0.39 is 36.2 Å². The molecule has 0 aliphatic carbocycles. The molecule has 0 aromatic heterocycles. The first kappa shape index (κ1) is 23.9. The Kier molecular flexibility index (Phi) is 10.6. The van der Waals surface area contributed by atoms with Gasteiger partial charge in [0.1, 0.15) is 12.7 Å². The van der Waals surface area contributed by atoms with E-state index in [4.69, 9.17) is 15.2 Å². The third-order valence-electron chi connectivity index (χ3n) is 3.73. The maximum Gasteiger partial charge on any atom is 0.303 e. The normalized spacial score (nSPS) is 15.0. The third-order valence-corrected chi connectivity index (χ3v) is 4.93. The van der Waals surface area contributed by atoms with Crippen LogP contribution in [0.15, 0.2) is 30.3 Å². The average molecular weight is 413 g/mol. The molecule has 4 N–H and O–H groups in total. The van der Waals surface area contributed by atoms with Crippen LogP contribution in [0.5, 0.6) is 0 Å². The summed E-state index contributed by atoms with van der Waals surface area (Å²) in [5.41, 5.74) is 6.61. The molecule has 0 saturated carbocycles. The maximum absolute atomic E-state index is 12.2. The first-order valence-corrected chi connectivity index (χ1v) is 10.0. The van der Waals surface area contributed by atoms with Crippen LogP contribution in [0.25, 0.3) is 0 Å². The lowest BCUT2D eigenvalue weighted by Gasteiger charge is -2.23. The van der Waals surface area contributed by atoms with E-state index in [1.54, 1.807) is 19.1 Å². The minimum absolute atomic E-state index is 0.0519. The summed E-state index contributed by atoms with van der Waals surface area (Å²) in [6, 6.07) is 7.71. The number of nitrogens with two attached hydrogens (primary N) is 1. The van der Waals surface area contributed by atoms with E-state index in [1.165, 1.54) is 25.6 Å². The molecule has 0 unspecified atom stereocenters. The van der Waals surface area contributed by atoms with Gasteiger partial charge in [-0.15, -0.1) is 0 Å². The van der Waals surface area contributed by atoms with Gasteiger partial charge in [0.05, 0.1) is 18.2 Å². The fourth-order valence-electron chi connectivity index (χ4n) is 2.31. The van der Waals surface area contributed by atoms with E-state index in [0.29, 0.717) is 11.3 Å². The lowest BCUT2D eigenvalue weighted by atomic mass is 10.0. The zero-order valence-electron chi connectivity index (χ0n) is 16.3. The van der Waals surface area contributed by atoms with E-state index in [1.807, 2.05) is 18.2 Å². The zero-order chi connectivity index (χ0) is 21.1. The van der Waals surface area contributed by atoms with Crippen molar-refractivity contribution in [3.63, 3.8) is 0 Å². The average Bonchev–Trinajstić information content (AvgIpc) is 2.65. The molecule has 4 atom stereocenters. The van der Waals surface area contributed by atoms with Gasteiger partial charge >= 0.3 is 11.9 Å². The number of hydrogen-bond donors (Lipinski definition) is 3. The number of thioether (sulfide) groups is 1. The van der Waals surface area contributed by atoms with Crippen LogP contribution in [-0.2, 0) is 23.9 Å². The van der Waals surface area contributed by atoms with Crippen LogP contribution in [0, 0.1) is 0 Å². The summed E-state index contributed by atoms with van der Waals surface area (Å²) >= 11 is 1.31. The first-order valence-electron chi connectivity index (χ1n) is 8.88. The monoisotopic (exact) mass is 412 g/mol. The summed E-state index contributed by atoms with van der Waals surface area (Å²) in [6.45, 7) is 4.18. The van der Waals surface area contributed by atoms with Crippen LogP contribution in [-0.4, -0.2) is 59.3 Å². The van der Waals surface area contributed by atoms with Gasteiger partial charge in [-0.25, -0.2) is 0 Å². The van der Waals surface area contributed by atoms with Crippen molar-refractivity contribution in [1.82, 2.24) is 5.32 Å². The van der Waals surface area contributed by atoms with Crippen LogP contribution in [0.3, 0.4) is 0 Å². The van der Waals surface area contributed by atoms with Crippen molar-refractivity contribution in [2.75, 3.05) is 18.1 Å². The summed E-state index contributed by atoms with van der Waals surface area (Å²) in [6.07, 6.45) is -1.46. The summed E-state index contributed by atoms with van der Waals surface area (Å²) < 4.78 is 9.94.